The fourth-order valence-electron chi connectivity index (χ4n) is 3.94. The minimum Gasteiger partial charge on any atom is -0.393 e. The van der Waals surface area contributed by atoms with E-state index in [2.05, 4.69) is 27.4 Å². The van der Waals surface area contributed by atoms with Crippen LogP contribution >= 0.6 is 0 Å². The minimum atomic E-state index is -0.0936. The molecule has 0 aromatic rings. The quantitative estimate of drug-likeness (QED) is 0.672. The fraction of sp³-hybridized carbons (Fsp3) is 0.867. The van der Waals surface area contributed by atoms with Crippen molar-refractivity contribution in [1.82, 2.24) is 0 Å². The normalized spacial score (nSPS) is 44.6. The summed E-state index contributed by atoms with van der Waals surface area (Å²) in [6.45, 7) is 11.2. The molecule has 1 heteroatoms. The molecule has 5 atom stereocenters. The zero-order valence-corrected chi connectivity index (χ0v) is 10.9. The Morgan fingerprint density at radius 2 is 2.00 bits per heavy atom. The molecule has 0 aromatic carbocycles. The van der Waals surface area contributed by atoms with Crippen LogP contribution in [0.4, 0.5) is 0 Å². The summed E-state index contributed by atoms with van der Waals surface area (Å²) in [7, 11) is 0. The Bertz CT molecular complexity index is 269. The van der Waals surface area contributed by atoms with Crippen molar-refractivity contribution in [3.8, 4) is 0 Å². The predicted octanol–water partition coefficient (Wildman–Crippen LogP) is 3.63. The van der Waals surface area contributed by atoms with E-state index in [0.717, 1.165) is 24.2 Å². The largest absolute Gasteiger partial charge is 0.393 e. The second-order valence-electron chi connectivity index (χ2n) is 6.39. The molecule has 0 aromatic heterocycles. The number of allylic oxidation sites excluding steroid dienone is 1. The molecule has 0 bridgehead atoms. The molecule has 2 fully saturated rings. The standard InChI is InChI=1S/C15H26O/c1-9(2)12-6-5-10(3)13-8-15(16)11(4)7-14(12)13/h9,11-16H,3,5-8H2,1-2,4H3/t11-,12-,13-,14-,15+/m0/s1. The third kappa shape index (κ3) is 2.07. The smallest absolute Gasteiger partial charge is 0.0571 e. The summed E-state index contributed by atoms with van der Waals surface area (Å²) in [5, 5.41) is 10.0. The predicted molar refractivity (Wildman–Crippen MR) is 68.1 cm³/mol. The van der Waals surface area contributed by atoms with E-state index >= 15 is 0 Å². The Hall–Kier alpha value is -0.300. The maximum atomic E-state index is 10.0. The highest BCUT2D eigenvalue weighted by Crippen LogP contribution is 2.49. The van der Waals surface area contributed by atoms with Gasteiger partial charge in [0.05, 0.1) is 6.10 Å². The lowest BCUT2D eigenvalue weighted by Crippen LogP contribution is -2.42. The van der Waals surface area contributed by atoms with Gasteiger partial charge in [-0.05, 0) is 55.3 Å². The van der Waals surface area contributed by atoms with Gasteiger partial charge in [0.15, 0.2) is 0 Å². The minimum absolute atomic E-state index is 0.0936. The van der Waals surface area contributed by atoms with Crippen LogP contribution < -0.4 is 0 Å². The maximum absolute atomic E-state index is 10.0. The summed E-state index contributed by atoms with van der Waals surface area (Å²) in [5.41, 5.74) is 1.41. The van der Waals surface area contributed by atoms with E-state index in [0.29, 0.717) is 11.8 Å². The van der Waals surface area contributed by atoms with Gasteiger partial charge in [-0.15, -0.1) is 0 Å². The van der Waals surface area contributed by atoms with Crippen LogP contribution in [0.25, 0.3) is 0 Å². The molecule has 1 nitrogen and oxygen atoms in total. The Kier molecular flexibility index (Phi) is 3.44. The Labute approximate surface area is 99.9 Å². The number of rotatable bonds is 1. The number of fused-ring (bicyclic) bond motifs is 1. The van der Waals surface area contributed by atoms with E-state index in [1.807, 2.05) is 0 Å². The second-order valence-corrected chi connectivity index (χ2v) is 6.39. The molecule has 2 aliphatic rings. The van der Waals surface area contributed by atoms with Gasteiger partial charge in [-0.1, -0.05) is 32.9 Å². The molecule has 0 radical (unpaired) electrons. The highest BCUT2D eigenvalue weighted by atomic mass is 16.3. The molecule has 16 heavy (non-hydrogen) atoms. The Balaban J connectivity index is 2.17. The van der Waals surface area contributed by atoms with Gasteiger partial charge in [0.1, 0.15) is 0 Å². The monoisotopic (exact) mass is 222 g/mol. The van der Waals surface area contributed by atoms with E-state index < -0.39 is 0 Å². The van der Waals surface area contributed by atoms with Crippen molar-refractivity contribution in [3.63, 3.8) is 0 Å². The summed E-state index contributed by atoms with van der Waals surface area (Å²) in [6, 6.07) is 0. The summed E-state index contributed by atoms with van der Waals surface area (Å²) in [6.07, 6.45) is 4.58. The van der Waals surface area contributed by atoms with Crippen LogP contribution in [-0.2, 0) is 0 Å². The molecule has 2 rings (SSSR count). The Morgan fingerprint density at radius 1 is 1.31 bits per heavy atom. The average molecular weight is 222 g/mol. The van der Waals surface area contributed by atoms with Gasteiger partial charge in [0.2, 0.25) is 0 Å². The van der Waals surface area contributed by atoms with Crippen LogP contribution in [0.1, 0.15) is 46.5 Å². The lowest BCUT2D eigenvalue weighted by molar-refractivity contribution is -0.00556. The molecule has 2 aliphatic carbocycles. The molecule has 0 unspecified atom stereocenters. The molecule has 92 valence electrons. The summed E-state index contributed by atoms with van der Waals surface area (Å²) >= 11 is 0. The van der Waals surface area contributed by atoms with Crippen LogP contribution in [0.5, 0.6) is 0 Å². The van der Waals surface area contributed by atoms with E-state index in [1.54, 1.807) is 0 Å². The third-order valence-electron chi connectivity index (χ3n) is 5.04. The maximum Gasteiger partial charge on any atom is 0.0571 e. The molecule has 0 heterocycles. The van der Waals surface area contributed by atoms with Gasteiger partial charge in [-0.3, -0.25) is 0 Å². The van der Waals surface area contributed by atoms with Crippen LogP contribution in [0, 0.1) is 29.6 Å². The molecular formula is C15H26O. The first-order chi connectivity index (χ1) is 7.50. The molecule has 2 saturated carbocycles. The van der Waals surface area contributed by atoms with Gasteiger partial charge < -0.3 is 5.11 Å². The molecule has 0 spiro atoms. The fourth-order valence-corrected chi connectivity index (χ4v) is 3.94. The van der Waals surface area contributed by atoms with Crippen molar-refractivity contribution in [2.24, 2.45) is 29.6 Å². The van der Waals surface area contributed by atoms with Crippen LogP contribution in [0.3, 0.4) is 0 Å². The molecular weight excluding hydrogens is 196 g/mol. The van der Waals surface area contributed by atoms with Crippen LogP contribution in [0.15, 0.2) is 12.2 Å². The summed E-state index contributed by atoms with van der Waals surface area (Å²) in [4.78, 5) is 0. The second kappa shape index (κ2) is 4.52. The zero-order chi connectivity index (χ0) is 11.9. The number of aliphatic hydroxyl groups is 1. The zero-order valence-electron chi connectivity index (χ0n) is 10.9. The van der Waals surface area contributed by atoms with Crippen molar-refractivity contribution < 1.29 is 5.11 Å². The van der Waals surface area contributed by atoms with E-state index in [-0.39, 0.29) is 6.10 Å². The van der Waals surface area contributed by atoms with Crippen molar-refractivity contribution in [2.75, 3.05) is 0 Å². The lowest BCUT2D eigenvalue weighted by Gasteiger charge is -2.47. The summed E-state index contributed by atoms with van der Waals surface area (Å²) < 4.78 is 0. The van der Waals surface area contributed by atoms with Gasteiger partial charge in [0, 0.05) is 0 Å². The molecule has 1 N–H and O–H groups in total. The van der Waals surface area contributed by atoms with E-state index in [4.69, 9.17) is 0 Å². The molecule has 0 amide bonds. The van der Waals surface area contributed by atoms with E-state index in [9.17, 15) is 5.11 Å². The summed E-state index contributed by atoms with van der Waals surface area (Å²) in [5.74, 6) is 3.51. The van der Waals surface area contributed by atoms with E-state index in [1.165, 1.54) is 24.8 Å². The highest BCUT2D eigenvalue weighted by molar-refractivity contribution is 5.11. The molecule has 0 aliphatic heterocycles. The Morgan fingerprint density at radius 3 is 2.62 bits per heavy atom. The van der Waals surface area contributed by atoms with Gasteiger partial charge in [-0.25, -0.2) is 0 Å². The highest BCUT2D eigenvalue weighted by Gasteiger charge is 2.42. The number of hydrogen-bond donors (Lipinski definition) is 1. The first-order valence-electron chi connectivity index (χ1n) is 6.86. The van der Waals surface area contributed by atoms with Crippen LogP contribution in [0.2, 0.25) is 0 Å². The van der Waals surface area contributed by atoms with Crippen molar-refractivity contribution in [3.05, 3.63) is 12.2 Å². The van der Waals surface area contributed by atoms with Crippen molar-refractivity contribution >= 4 is 0 Å². The third-order valence-corrected chi connectivity index (χ3v) is 5.04. The lowest BCUT2D eigenvalue weighted by atomic mass is 9.58. The van der Waals surface area contributed by atoms with Crippen molar-refractivity contribution in [1.29, 1.82) is 0 Å². The number of aliphatic hydroxyl groups excluding tert-OH is 1. The van der Waals surface area contributed by atoms with Gasteiger partial charge in [-0.2, -0.15) is 0 Å². The average Bonchev–Trinajstić information content (AvgIpc) is 2.21. The first-order valence-corrected chi connectivity index (χ1v) is 6.86. The van der Waals surface area contributed by atoms with Crippen molar-refractivity contribution in [2.45, 2.75) is 52.6 Å². The first kappa shape index (κ1) is 12.2. The molecule has 0 saturated heterocycles. The van der Waals surface area contributed by atoms with Crippen LogP contribution in [-0.4, -0.2) is 11.2 Å². The van der Waals surface area contributed by atoms with Gasteiger partial charge in [0.25, 0.3) is 0 Å². The van der Waals surface area contributed by atoms with Gasteiger partial charge >= 0.3 is 0 Å². The SMILES string of the molecule is C=C1CC[C@@H](C(C)C)[C@@H]2C[C@H](C)[C@H](O)C[C@@H]12. The number of hydrogen-bond acceptors (Lipinski definition) is 1. The topological polar surface area (TPSA) is 20.2 Å².